The van der Waals surface area contributed by atoms with Gasteiger partial charge in [0.2, 0.25) is 0 Å². The van der Waals surface area contributed by atoms with Crippen LogP contribution in [0.15, 0.2) is 58.4 Å². The van der Waals surface area contributed by atoms with E-state index in [1.165, 1.54) is 5.56 Å². The average Bonchev–Trinajstić information content (AvgIpc) is 3.27. The lowest BCUT2D eigenvalue weighted by Gasteiger charge is -2.43. The highest BCUT2D eigenvalue weighted by Gasteiger charge is 2.45. The normalized spacial score (nSPS) is 22.9. The molecule has 1 aromatic carbocycles. The van der Waals surface area contributed by atoms with Crippen LogP contribution in [0, 0.1) is 23.7 Å². The lowest BCUT2D eigenvalue weighted by Crippen LogP contribution is -2.42. The van der Waals surface area contributed by atoms with E-state index in [1.54, 1.807) is 11.3 Å². The topological polar surface area (TPSA) is 82.6 Å². The van der Waals surface area contributed by atoms with E-state index in [-0.39, 0.29) is 11.2 Å². The van der Waals surface area contributed by atoms with E-state index >= 15 is 0 Å². The molecule has 3 heterocycles. The number of nitriles is 1. The number of benzene rings is 1. The Balaban J connectivity index is 1.60. The number of ether oxygens (including phenoxy) is 1. The number of morpholine rings is 1. The fraction of sp³-hybridized carbons (Fsp3) is 0.429. The summed E-state index contributed by atoms with van der Waals surface area (Å²) in [5.41, 5.74) is 11.9. The molecule has 0 bridgehead atoms. The maximum atomic E-state index is 13.7. The highest BCUT2D eigenvalue weighted by molar-refractivity contribution is 7.10. The predicted molar refractivity (Wildman–Crippen MR) is 139 cm³/mol. The monoisotopic (exact) mass is 488 g/mol. The quantitative estimate of drug-likeness (QED) is 0.664. The van der Waals surface area contributed by atoms with Gasteiger partial charge in [0, 0.05) is 47.9 Å². The van der Waals surface area contributed by atoms with Crippen molar-refractivity contribution in [3.63, 3.8) is 0 Å². The Bertz CT molecular complexity index is 1240. The van der Waals surface area contributed by atoms with E-state index in [4.69, 9.17) is 10.5 Å². The summed E-state index contributed by atoms with van der Waals surface area (Å²) in [4.78, 5) is 19.0. The number of hydrogen-bond acceptors (Lipinski definition) is 7. The molecule has 3 aliphatic rings. The van der Waals surface area contributed by atoms with Crippen molar-refractivity contribution >= 4 is 22.8 Å². The first-order valence-corrected chi connectivity index (χ1v) is 13.1. The lowest BCUT2D eigenvalue weighted by atomic mass is 9.69. The summed E-state index contributed by atoms with van der Waals surface area (Å²) >= 11 is 1.62. The van der Waals surface area contributed by atoms with Gasteiger partial charge in [-0.1, -0.05) is 31.5 Å². The van der Waals surface area contributed by atoms with Crippen LogP contribution in [0.5, 0.6) is 0 Å². The second-order valence-electron chi connectivity index (χ2n) is 10.6. The summed E-state index contributed by atoms with van der Waals surface area (Å²) in [5.74, 6) is 0.124. The Kier molecular flexibility index (Phi) is 6.30. The number of allylic oxidation sites excluding steroid dienone is 3. The van der Waals surface area contributed by atoms with Crippen molar-refractivity contribution < 1.29 is 9.53 Å². The molecule has 35 heavy (non-hydrogen) atoms. The summed E-state index contributed by atoms with van der Waals surface area (Å²) < 4.78 is 5.48. The number of ketones is 1. The van der Waals surface area contributed by atoms with Crippen LogP contribution in [0.25, 0.3) is 0 Å². The van der Waals surface area contributed by atoms with Gasteiger partial charge >= 0.3 is 0 Å². The van der Waals surface area contributed by atoms with Gasteiger partial charge in [-0.15, -0.1) is 11.3 Å². The van der Waals surface area contributed by atoms with Crippen molar-refractivity contribution in [3.05, 3.63) is 74.4 Å². The van der Waals surface area contributed by atoms with E-state index in [0.717, 1.165) is 66.7 Å². The molecule has 1 aliphatic carbocycles. The van der Waals surface area contributed by atoms with Crippen LogP contribution in [0.1, 0.15) is 48.6 Å². The number of Topliss-reactive ketones (excluding diaryl/α,β-unsaturated/α-hetero) is 1. The van der Waals surface area contributed by atoms with Crippen LogP contribution in [0.3, 0.4) is 0 Å². The molecule has 0 spiro atoms. The summed E-state index contributed by atoms with van der Waals surface area (Å²) in [5, 5.41) is 12.4. The minimum atomic E-state index is -0.413. The Morgan fingerprint density at radius 1 is 1.20 bits per heavy atom. The number of carbonyl (C=O) groups is 1. The molecular formula is C28H32N4O2S. The summed E-state index contributed by atoms with van der Waals surface area (Å²) in [6.45, 7) is 10.5. The largest absolute Gasteiger partial charge is 0.384 e. The van der Waals surface area contributed by atoms with E-state index < -0.39 is 5.92 Å². The third-order valence-electron chi connectivity index (χ3n) is 7.14. The fourth-order valence-electron chi connectivity index (χ4n) is 5.43. The van der Waals surface area contributed by atoms with Crippen LogP contribution in [0.4, 0.5) is 5.69 Å². The molecule has 0 radical (unpaired) electrons. The smallest absolute Gasteiger partial charge is 0.162 e. The van der Waals surface area contributed by atoms with Gasteiger partial charge in [0.25, 0.3) is 0 Å². The van der Waals surface area contributed by atoms with E-state index in [0.29, 0.717) is 17.8 Å². The van der Waals surface area contributed by atoms with E-state index in [1.807, 2.05) is 36.1 Å². The molecule has 1 atom stereocenters. The van der Waals surface area contributed by atoms with Gasteiger partial charge in [-0.3, -0.25) is 14.6 Å². The SMILES string of the molecule is Cc1ccc(N2C(N)=C(C#N)[C@H](c3cc(CN4CCOCC4)cs3)C3=C2CC(C)(C)CC3=O)cc1. The van der Waals surface area contributed by atoms with Gasteiger partial charge in [0.05, 0.1) is 30.8 Å². The Morgan fingerprint density at radius 2 is 1.91 bits per heavy atom. The average molecular weight is 489 g/mol. The maximum Gasteiger partial charge on any atom is 0.162 e. The molecule has 1 fully saturated rings. The zero-order valence-electron chi connectivity index (χ0n) is 20.6. The lowest BCUT2D eigenvalue weighted by molar-refractivity contribution is -0.118. The summed E-state index contributed by atoms with van der Waals surface area (Å²) in [6, 6.07) is 12.6. The van der Waals surface area contributed by atoms with Crippen molar-refractivity contribution in [1.82, 2.24) is 4.90 Å². The van der Waals surface area contributed by atoms with Crippen LogP contribution in [-0.4, -0.2) is 37.0 Å². The number of aryl methyl sites for hydroxylation is 1. The van der Waals surface area contributed by atoms with Crippen LogP contribution < -0.4 is 10.6 Å². The van der Waals surface area contributed by atoms with Crippen LogP contribution in [-0.2, 0) is 16.1 Å². The highest BCUT2D eigenvalue weighted by Crippen LogP contribution is 2.51. The maximum absolute atomic E-state index is 13.7. The van der Waals surface area contributed by atoms with Crippen molar-refractivity contribution in [2.24, 2.45) is 11.1 Å². The molecule has 2 N–H and O–H groups in total. The molecule has 6 nitrogen and oxygen atoms in total. The second-order valence-corrected chi connectivity index (χ2v) is 11.5. The standard InChI is InChI=1S/C28H32N4O2S/c1-18-4-6-20(7-5-18)32-22-13-28(2,3)14-23(33)26(22)25(21(15-29)27(32)30)24-12-19(17-35-24)16-31-8-10-34-11-9-31/h4-7,12,17,25H,8-11,13-14,16,30H2,1-3H3/t25-/m1/s1. The van der Waals surface area contributed by atoms with Crippen molar-refractivity contribution in [2.75, 3.05) is 31.2 Å². The van der Waals surface area contributed by atoms with Gasteiger partial charge in [-0.05, 0) is 47.9 Å². The fourth-order valence-corrected chi connectivity index (χ4v) is 6.45. The van der Waals surface area contributed by atoms with Crippen LogP contribution >= 0.6 is 11.3 Å². The summed E-state index contributed by atoms with van der Waals surface area (Å²) in [7, 11) is 0. The van der Waals surface area contributed by atoms with Gasteiger partial charge in [-0.2, -0.15) is 5.26 Å². The minimum Gasteiger partial charge on any atom is -0.384 e. The molecular weight excluding hydrogens is 456 g/mol. The van der Waals surface area contributed by atoms with Gasteiger partial charge in [0.15, 0.2) is 5.78 Å². The molecule has 0 saturated carbocycles. The first kappa shape index (κ1) is 23.8. The molecule has 182 valence electrons. The number of carbonyl (C=O) groups excluding carboxylic acids is 1. The van der Waals surface area contributed by atoms with Gasteiger partial charge < -0.3 is 10.5 Å². The number of hydrogen-bond donors (Lipinski definition) is 1. The molecule has 0 unspecified atom stereocenters. The summed E-state index contributed by atoms with van der Waals surface area (Å²) in [6.07, 6.45) is 1.19. The third-order valence-corrected chi connectivity index (χ3v) is 8.19. The zero-order chi connectivity index (χ0) is 24.7. The van der Waals surface area contributed by atoms with Gasteiger partial charge in [0.1, 0.15) is 5.82 Å². The van der Waals surface area contributed by atoms with Crippen LogP contribution in [0.2, 0.25) is 0 Å². The highest BCUT2D eigenvalue weighted by atomic mass is 32.1. The number of nitrogens with zero attached hydrogens (tertiary/aromatic N) is 3. The first-order chi connectivity index (χ1) is 16.8. The zero-order valence-corrected chi connectivity index (χ0v) is 21.5. The van der Waals surface area contributed by atoms with E-state index in [9.17, 15) is 10.1 Å². The molecule has 5 rings (SSSR count). The number of nitrogens with two attached hydrogens (primary N) is 1. The second kappa shape index (κ2) is 9.27. The number of anilines is 1. The molecule has 2 aliphatic heterocycles. The van der Waals surface area contributed by atoms with Gasteiger partial charge in [-0.25, -0.2) is 0 Å². The van der Waals surface area contributed by atoms with Crippen molar-refractivity contribution in [1.29, 1.82) is 5.26 Å². The number of rotatable bonds is 4. The molecule has 0 amide bonds. The first-order valence-electron chi connectivity index (χ1n) is 12.2. The number of thiophene rings is 1. The third kappa shape index (κ3) is 4.54. The molecule has 7 heteroatoms. The molecule has 1 aromatic heterocycles. The Labute approximate surface area is 211 Å². The van der Waals surface area contributed by atoms with E-state index in [2.05, 4.69) is 36.3 Å². The Hall–Kier alpha value is -2.92. The van der Waals surface area contributed by atoms with Crippen molar-refractivity contribution in [3.8, 4) is 6.07 Å². The minimum absolute atomic E-state index is 0.113. The van der Waals surface area contributed by atoms with Crippen molar-refractivity contribution in [2.45, 2.75) is 46.1 Å². The molecule has 2 aromatic rings. The predicted octanol–water partition coefficient (Wildman–Crippen LogP) is 4.83. The molecule has 1 saturated heterocycles. The Morgan fingerprint density at radius 3 is 2.60 bits per heavy atom.